The molecule has 0 aromatic rings. The molecule has 0 unspecified atom stereocenters. The van der Waals surface area contributed by atoms with Crippen molar-refractivity contribution in [2.45, 2.75) is 204 Å². The van der Waals surface area contributed by atoms with Crippen LogP contribution in [-0.4, -0.2) is 187 Å². The minimum atomic E-state index is -1.84. The Labute approximate surface area is 380 Å². The Morgan fingerprint density at radius 1 is 0.662 bits per heavy atom. The SMILES string of the molecule is CC1(C)C[C@@H]2C3=CC[C@H]4[C@@]5(C)CC[C@@H](O[C@H]6OC[C@H](O[C@H]7O[C@@H](CO)[C@H](O)[C@@H](O)[C@@H]7O)[C@@H](O)[C@@H]6O[C@H]6O[C@@H](CO)[C@H](O)[C@@H](O)[C@@H]6O)C(C)(C)[C@@H]5CC[C@@]4(C)[C@@]3(C)C[C@@H](O)[C@]2(C=O)[C@@H](O)C1. The smallest absolute Gasteiger partial charge is 0.187 e. The summed E-state index contributed by atoms with van der Waals surface area (Å²) >= 11 is 0. The van der Waals surface area contributed by atoms with Crippen LogP contribution in [0.5, 0.6) is 0 Å². The number of aldehydes is 1. The molecule has 8 aliphatic rings. The van der Waals surface area contributed by atoms with Crippen LogP contribution in [0.15, 0.2) is 11.6 Å². The van der Waals surface area contributed by atoms with Crippen molar-refractivity contribution >= 4 is 6.29 Å². The van der Waals surface area contributed by atoms with Crippen LogP contribution in [0.1, 0.15) is 99.8 Å². The van der Waals surface area contributed by atoms with Crippen LogP contribution in [0.4, 0.5) is 0 Å². The molecular weight excluding hydrogens is 852 g/mol. The summed E-state index contributed by atoms with van der Waals surface area (Å²) in [5, 5.41) is 119. The maximum absolute atomic E-state index is 13.0. The Kier molecular flexibility index (Phi) is 13.5. The Hall–Kier alpha value is -1.27. The Balaban J connectivity index is 1.05. The van der Waals surface area contributed by atoms with Crippen molar-refractivity contribution in [2.24, 2.45) is 50.2 Å². The first-order valence-electron chi connectivity index (χ1n) is 23.8. The quantitative estimate of drug-likeness (QED) is 0.0782. The van der Waals surface area contributed by atoms with E-state index in [0.717, 1.165) is 32.0 Å². The zero-order chi connectivity index (χ0) is 47.6. The minimum Gasteiger partial charge on any atom is -0.394 e. The van der Waals surface area contributed by atoms with Crippen LogP contribution in [0, 0.1) is 50.2 Å². The molecular formula is C47H76O18. The number of aliphatic hydroxyl groups excluding tert-OH is 11. The molecule has 8 rings (SSSR count). The maximum Gasteiger partial charge on any atom is 0.187 e. The molecule has 0 aromatic heterocycles. The number of fused-ring (bicyclic) bond motifs is 7. The highest BCUT2D eigenvalue weighted by molar-refractivity contribution is 5.66. The van der Waals surface area contributed by atoms with E-state index in [1.54, 1.807) is 0 Å². The van der Waals surface area contributed by atoms with Gasteiger partial charge in [-0.15, -0.1) is 0 Å². The van der Waals surface area contributed by atoms with Crippen molar-refractivity contribution < 1.29 is 89.4 Å². The van der Waals surface area contributed by atoms with Crippen LogP contribution < -0.4 is 0 Å². The first kappa shape index (κ1) is 50.1. The van der Waals surface area contributed by atoms with E-state index in [4.69, 9.17) is 28.4 Å². The molecule has 0 spiro atoms. The van der Waals surface area contributed by atoms with Crippen molar-refractivity contribution in [3.63, 3.8) is 0 Å². The zero-order valence-electron chi connectivity index (χ0n) is 38.8. The lowest BCUT2D eigenvalue weighted by atomic mass is 9.33. The van der Waals surface area contributed by atoms with Gasteiger partial charge in [0.1, 0.15) is 73.4 Å². The highest BCUT2D eigenvalue weighted by Crippen LogP contribution is 2.75. The second-order valence-corrected chi connectivity index (χ2v) is 23.1. The molecule has 65 heavy (non-hydrogen) atoms. The lowest BCUT2D eigenvalue weighted by Gasteiger charge is -2.72. The second-order valence-electron chi connectivity index (χ2n) is 23.1. The van der Waals surface area contributed by atoms with E-state index in [2.05, 4.69) is 54.5 Å². The lowest BCUT2D eigenvalue weighted by Crippen LogP contribution is -2.69. The first-order valence-corrected chi connectivity index (χ1v) is 23.8. The molecule has 0 aromatic carbocycles. The number of rotatable bonds is 9. The number of aliphatic hydroxyl groups is 11. The van der Waals surface area contributed by atoms with E-state index in [0.29, 0.717) is 25.7 Å². The molecule has 0 bridgehead atoms. The summed E-state index contributed by atoms with van der Waals surface area (Å²) in [5.74, 6) is 0.0575. The third-order valence-electron chi connectivity index (χ3n) is 18.9. The van der Waals surface area contributed by atoms with Gasteiger partial charge in [0.2, 0.25) is 0 Å². The Morgan fingerprint density at radius 3 is 1.83 bits per heavy atom. The van der Waals surface area contributed by atoms with Gasteiger partial charge in [-0.25, -0.2) is 0 Å². The van der Waals surface area contributed by atoms with E-state index in [1.807, 2.05) is 0 Å². The summed E-state index contributed by atoms with van der Waals surface area (Å²) in [6.45, 7) is 13.8. The first-order chi connectivity index (χ1) is 30.4. The molecule has 372 valence electrons. The van der Waals surface area contributed by atoms with E-state index in [-0.39, 0.29) is 40.6 Å². The van der Waals surface area contributed by atoms with Gasteiger partial charge in [-0.2, -0.15) is 0 Å². The molecule has 3 saturated heterocycles. The monoisotopic (exact) mass is 929 g/mol. The predicted molar refractivity (Wildman–Crippen MR) is 226 cm³/mol. The van der Waals surface area contributed by atoms with Crippen LogP contribution in [-0.2, 0) is 33.2 Å². The highest BCUT2D eigenvalue weighted by atomic mass is 16.8. The summed E-state index contributed by atoms with van der Waals surface area (Å²) < 4.78 is 36.4. The van der Waals surface area contributed by atoms with Gasteiger partial charge in [-0.3, -0.25) is 0 Å². The summed E-state index contributed by atoms with van der Waals surface area (Å²) in [7, 11) is 0. The third kappa shape index (κ3) is 7.67. The predicted octanol–water partition coefficient (Wildman–Crippen LogP) is -0.599. The van der Waals surface area contributed by atoms with Gasteiger partial charge in [-0.05, 0) is 96.2 Å². The standard InChI is InChI=1S/C47H76O18/c1-42(2)14-22-21-8-9-27-44(5)12-11-30(43(3,4)26(44)10-13-45(27,6)46(21,7)16-29(52)47(22,20-50)28(51)15-42)64-41-38(65-40-37(59)35(57)32(54)24(18-49)62-40)33(55)25(19-60-41)63-39-36(58)34(56)31(53)23(17-48)61-39/h8,20,22-41,48-49,51-59H,9-19H2,1-7H3/t22-,23+,24+,25+,26+,27+,28+,29-,30-,31+,32+,33-,34-,35-,36+,37+,38+,39-,40-,41-,44+,45-,46+,47+/m1/s1. The van der Waals surface area contributed by atoms with E-state index in [1.165, 1.54) is 5.57 Å². The van der Waals surface area contributed by atoms with Crippen molar-refractivity contribution in [3.05, 3.63) is 11.6 Å². The second kappa shape index (κ2) is 17.5. The summed E-state index contributed by atoms with van der Waals surface area (Å²) in [4.78, 5) is 13.0. The third-order valence-corrected chi connectivity index (χ3v) is 18.9. The fourth-order valence-corrected chi connectivity index (χ4v) is 15.0. The lowest BCUT2D eigenvalue weighted by molar-refractivity contribution is -0.382. The molecule has 4 saturated carbocycles. The fraction of sp³-hybridized carbons (Fsp3) is 0.936. The van der Waals surface area contributed by atoms with Crippen molar-refractivity contribution in [1.82, 2.24) is 0 Å². The maximum atomic E-state index is 13.0. The molecule has 5 aliphatic carbocycles. The average Bonchev–Trinajstić information content (AvgIpc) is 3.23. The number of ether oxygens (including phenoxy) is 6. The van der Waals surface area contributed by atoms with Crippen molar-refractivity contribution in [3.8, 4) is 0 Å². The minimum absolute atomic E-state index is 0.129. The van der Waals surface area contributed by atoms with E-state index >= 15 is 0 Å². The summed E-state index contributed by atoms with van der Waals surface area (Å²) in [6.07, 6.45) is -16.2. The normalized spacial score (nSPS) is 55.1. The number of allylic oxidation sites excluding steroid dienone is 2. The van der Waals surface area contributed by atoms with Gasteiger partial charge in [0.25, 0.3) is 0 Å². The number of carbonyl (C=O) groups is 1. The molecule has 3 heterocycles. The fourth-order valence-electron chi connectivity index (χ4n) is 15.0. The molecule has 0 amide bonds. The molecule has 11 N–H and O–H groups in total. The van der Waals surface area contributed by atoms with E-state index in [9.17, 15) is 61.0 Å². The van der Waals surface area contributed by atoms with Crippen molar-refractivity contribution in [2.75, 3.05) is 19.8 Å². The summed E-state index contributed by atoms with van der Waals surface area (Å²) in [5.41, 5.74) is -1.62. The molecule has 0 radical (unpaired) electrons. The highest BCUT2D eigenvalue weighted by Gasteiger charge is 2.71. The van der Waals surface area contributed by atoms with Crippen LogP contribution in [0.2, 0.25) is 0 Å². The number of carbonyl (C=O) groups excluding carboxylic acids is 1. The molecule has 18 nitrogen and oxygen atoms in total. The average molecular weight is 929 g/mol. The van der Waals surface area contributed by atoms with Gasteiger partial charge in [0, 0.05) is 0 Å². The molecule has 3 aliphatic heterocycles. The van der Waals surface area contributed by atoms with Crippen molar-refractivity contribution in [1.29, 1.82) is 0 Å². The topological polar surface area (TPSA) is 295 Å². The van der Waals surface area contributed by atoms with Gasteiger partial charge in [-0.1, -0.05) is 60.1 Å². The Bertz CT molecular complexity index is 1760. The zero-order valence-corrected chi connectivity index (χ0v) is 38.8. The van der Waals surface area contributed by atoms with Crippen LogP contribution >= 0.6 is 0 Å². The Morgan fingerprint density at radius 2 is 1.25 bits per heavy atom. The molecule has 24 atom stereocenters. The van der Waals surface area contributed by atoms with Crippen LogP contribution in [0.25, 0.3) is 0 Å². The summed E-state index contributed by atoms with van der Waals surface area (Å²) in [6, 6.07) is 0. The van der Waals surface area contributed by atoms with Gasteiger partial charge < -0.3 is 89.4 Å². The molecule has 7 fully saturated rings. The number of hydrogen-bond donors (Lipinski definition) is 11. The molecule has 18 heteroatoms. The van der Waals surface area contributed by atoms with Gasteiger partial charge >= 0.3 is 0 Å². The largest absolute Gasteiger partial charge is 0.394 e. The number of hydrogen-bond acceptors (Lipinski definition) is 18. The van der Waals surface area contributed by atoms with Gasteiger partial charge in [0.05, 0.1) is 43.5 Å². The van der Waals surface area contributed by atoms with Crippen LogP contribution in [0.3, 0.4) is 0 Å². The van der Waals surface area contributed by atoms with E-state index < -0.39 is 134 Å². The van der Waals surface area contributed by atoms with Gasteiger partial charge in [0.15, 0.2) is 18.9 Å².